The number of thiazole rings is 1. The third-order valence-corrected chi connectivity index (χ3v) is 5.78. The number of hydrogen-bond donors (Lipinski definition) is 3. The number of urea groups is 1. The first kappa shape index (κ1) is 18.5. The van der Waals surface area contributed by atoms with E-state index in [4.69, 9.17) is 0 Å². The first-order valence-electron chi connectivity index (χ1n) is 9.49. The van der Waals surface area contributed by atoms with Gasteiger partial charge < -0.3 is 20.5 Å². The monoisotopic (exact) mass is 397 g/mol. The lowest BCUT2D eigenvalue weighted by atomic mass is 9.97. The predicted molar refractivity (Wildman–Crippen MR) is 110 cm³/mol. The van der Waals surface area contributed by atoms with E-state index in [1.807, 2.05) is 29.8 Å². The molecule has 0 saturated carbocycles. The minimum Gasteiger partial charge on any atom is -0.361 e. The fraction of sp³-hybridized carbons (Fsp3) is 0.350. The van der Waals surface area contributed by atoms with Gasteiger partial charge in [0.1, 0.15) is 0 Å². The van der Waals surface area contributed by atoms with E-state index in [0.29, 0.717) is 24.8 Å². The average Bonchev–Trinajstić information content (AvgIpc) is 3.38. The summed E-state index contributed by atoms with van der Waals surface area (Å²) in [5, 5.41) is 9.44. The zero-order chi connectivity index (χ0) is 19.3. The Labute approximate surface area is 167 Å². The fourth-order valence-corrected chi connectivity index (χ4v) is 4.15. The van der Waals surface area contributed by atoms with Crippen LogP contribution in [0.1, 0.15) is 18.4 Å². The molecular formula is C20H23N5O2S. The van der Waals surface area contributed by atoms with E-state index in [1.54, 1.807) is 11.1 Å². The van der Waals surface area contributed by atoms with Crippen LogP contribution in [-0.2, 0) is 11.2 Å². The topological polar surface area (TPSA) is 90.1 Å². The van der Waals surface area contributed by atoms with Gasteiger partial charge in [0.2, 0.25) is 5.91 Å². The molecule has 0 bridgehead atoms. The molecule has 1 saturated heterocycles. The summed E-state index contributed by atoms with van der Waals surface area (Å²) in [5.41, 5.74) is 2.30. The Morgan fingerprint density at radius 2 is 2.21 bits per heavy atom. The molecule has 0 aliphatic carbocycles. The predicted octanol–water partition coefficient (Wildman–Crippen LogP) is 3.23. The molecule has 3 N–H and O–H groups in total. The van der Waals surface area contributed by atoms with Gasteiger partial charge in [0.05, 0.1) is 5.92 Å². The van der Waals surface area contributed by atoms with Crippen LogP contribution < -0.4 is 10.6 Å². The summed E-state index contributed by atoms with van der Waals surface area (Å²) in [6, 6.07) is 8.04. The minimum atomic E-state index is -0.197. The Morgan fingerprint density at radius 1 is 1.32 bits per heavy atom. The van der Waals surface area contributed by atoms with Gasteiger partial charge in [0, 0.05) is 48.3 Å². The number of anilines is 1. The Balaban J connectivity index is 1.27. The molecule has 3 amide bonds. The third kappa shape index (κ3) is 4.17. The summed E-state index contributed by atoms with van der Waals surface area (Å²) in [6.45, 7) is 1.68. The molecule has 4 rings (SSSR count). The number of carbonyl (C=O) groups is 2. The largest absolute Gasteiger partial charge is 0.361 e. The molecule has 146 valence electrons. The molecule has 7 nitrogen and oxygen atoms in total. The van der Waals surface area contributed by atoms with Gasteiger partial charge in [-0.3, -0.25) is 4.79 Å². The number of hydrogen-bond acceptors (Lipinski definition) is 4. The molecule has 28 heavy (non-hydrogen) atoms. The maximum absolute atomic E-state index is 12.5. The zero-order valence-electron chi connectivity index (χ0n) is 15.5. The Kier molecular flexibility index (Phi) is 5.57. The minimum absolute atomic E-state index is 0.0637. The van der Waals surface area contributed by atoms with Crippen molar-refractivity contribution in [3.63, 3.8) is 0 Å². The standard InChI is InChI=1S/C20H23N5O2S/c26-18(24-19-21-9-11-28-19)15-4-3-10-25(13-15)20(27)22-8-7-14-12-23-17-6-2-1-5-16(14)17/h1-2,5-6,9,11-12,15,23H,3-4,7-8,10,13H2,(H,22,27)(H,21,24,26). The van der Waals surface area contributed by atoms with Crippen LogP contribution in [0.4, 0.5) is 9.93 Å². The summed E-state index contributed by atoms with van der Waals surface area (Å²) in [4.78, 5) is 34.0. The number of likely N-dealkylation sites (tertiary alicyclic amines) is 1. The van der Waals surface area contributed by atoms with Crippen molar-refractivity contribution in [3.8, 4) is 0 Å². The molecule has 3 heterocycles. The van der Waals surface area contributed by atoms with Crippen LogP contribution in [0.2, 0.25) is 0 Å². The van der Waals surface area contributed by atoms with E-state index in [-0.39, 0.29) is 17.9 Å². The molecule has 1 unspecified atom stereocenters. The highest BCUT2D eigenvalue weighted by atomic mass is 32.1. The number of nitrogens with zero attached hydrogens (tertiary/aromatic N) is 2. The highest BCUT2D eigenvalue weighted by molar-refractivity contribution is 7.13. The van der Waals surface area contributed by atoms with Crippen molar-refractivity contribution in [2.45, 2.75) is 19.3 Å². The summed E-state index contributed by atoms with van der Waals surface area (Å²) >= 11 is 1.39. The van der Waals surface area contributed by atoms with Gasteiger partial charge >= 0.3 is 6.03 Å². The molecule has 8 heteroatoms. The Morgan fingerprint density at radius 3 is 3.07 bits per heavy atom. The van der Waals surface area contributed by atoms with Crippen molar-refractivity contribution < 1.29 is 9.59 Å². The number of carbonyl (C=O) groups excluding carboxylic acids is 2. The van der Waals surface area contributed by atoms with E-state index >= 15 is 0 Å². The fourth-order valence-electron chi connectivity index (χ4n) is 3.62. The van der Waals surface area contributed by atoms with E-state index in [1.165, 1.54) is 22.3 Å². The number of rotatable bonds is 5. The average molecular weight is 398 g/mol. The van der Waals surface area contributed by atoms with Crippen molar-refractivity contribution in [1.29, 1.82) is 0 Å². The van der Waals surface area contributed by atoms with Crippen molar-refractivity contribution in [1.82, 2.24) is 20.2 Å². The number of piperidine rings is 1. The lowest BCUT2D eigenvalue weighted by molar-refractivity contribution is -0.121. The van der Waals surface area contributed by atoms with Gasteiger partial charge in [-0.25, -0.2) is 9.78 Å². The maximum atomic E-state index is 12.5. The highest BCUT2D eigenvalue weighted by Crippen LogP contribution is 2.20. The zero-order valence-corrected chi connectivity index (χ0v) is 16.3. The molecular weight excluding hydrogens is 374 g/mol. The number of aromatic nitrogens is 2. The SMILES string of the molecule is O=C(Nc1nccs1)C1CCCN(C(=O)NCCc2c[nH]c3ccccc23)C1. The van der Waals surface area contributed by atoms with Gasteiger partial charge in [-0.1, -0.05) is 18.2 Å². The second-order valence-electron chi connectivity index (χ2n) is 6.95. The summed E-state index contributed by atoms with van der Waals surface area (Å²) in [6.07, 6.45) is 6.03. The molecule has 1 aliphatic heterocycles. The molecule has 1 atom stereocenters. The van der Waals surface area contributed by atoms with Gasteiger partial charge in [-0.2, -0.15) is 0 Å². The van der Waals surface area contributed by atoms with Gasteiger partial charge in [-0.05, 0) is 30.9 Å². The molecule has 3 aromatic rings. The van der Waals surface area contributed by atoms with Gasteiger partial charge in [0.25, 0.3) is 0 Å². The number of aromatic amines is 1. The van der Waals surface area contributed by atoms with E-state index in [0.717, 1.165) is 24.8 Å². The quantitative estimate of drug-likeness (QED) is 0.617. The highest BCUT2D eigenvalue weighted by Gasteiger charge is 2.28. The summed E-state index contributed by atoms with van der Waals surface area (Å²) in [7, 11) is 0. The number of para-hydroxylation sites is 1. The van der Waals surface area contributed by atoms with Crippen LogP contribution in [0.3, 0.4) is 0 Å². The first-order valence-corrected chi connectivity index (χ1v) is 10.4. The van der Waals surface area contributed by atoms with Crippen LogP contribution in [0.25, 0.3) is 10.9 Å². The second-order valence-corrected chi connectivity index (χ2v) is 7.85. The van der Waals surface area contributed by atoms with Gasteiger partial charge in [0.15, 0.2) is 5.13 Å². The molecule has 1 aromatic carbocycles. The number of amides is 3. The first-order chi connectivity index (χ1) is 13.7. The smallest absolute Gasteiger partial charge is 0.317 e. The van der Waals surface area contributed by atoms with Crippen LogP contribution in [0.15, 0.2) is 42.0 Å². The van der Waals surface area contributed by atoms with Crippen LogP contribution in [0.5, 0.6) is 0 Å². The summed E-state index contributed by atoms with van der Waals surface area (Å²) in [5.74, 6) is -0.261. The van der Waals surface area contributed by atoms with Gasteiger partial charge in [-0.15, -0.1) is 11.3 Å². The molecule has 1 fully saturated rings. The maximum Gasteiger partial charge on any atom is 0.317 e. The number of H-pyrrole nitrogens is 1. The van der Waals surface area contributed by atoms with E-state index in [9.17, 15) is 9.59 Å². The van der Waals surface area contributed by atoms with Crippen LogP contribution >= 0.6 is 11.3 Å². The Bertz CT molecular complexity index is 953. The number of nitrogens with one attached hydrogen (secondary N) is 3. The van der Waals surface area contributed by atoms with Crippen molar-refractivity contribution >= 4 is 39.3 Å². The second kappa shape index (κ2) is 8.43. The summed E-state index contributed by atoms with van der Waals surface area (Å²) < 4.78 is 0. The lowest BCUT2D eigenvalue weighted by Crippen LogP contribution is -2.48. The van der Waals surface area contributed by atoms with E-state index < -0.39 is 0 Å². The molecule has 0 spiro atoms. The normalized spacial score (nSPS) is 16.9. The number of fused-ring (bicyclic) bond motifs is 1. The van der Waals surface area contributed by atoms with Crippen molar-refractivity contribution in [3.05, 3.63) is 47.6 Å². The van der Waals surface area contributed by atoms with Crippen LogP contribution in [-0.4, -0.2) is 46.4 Å². The van der Waals surface area contributed by atoms with Crippen LogP contribution in [0, 0.1) is 5.92 Å². The van der Waals surface area contributed by atoms with E-state index in [2.05, 4.69) is 26.7 Å². The number of benzene rings is 1. The lowest BCUT2D eigenvalue weighted by Gasteiger charge is -2.31. The van der Waals surface area contributed by atoms with Crippen molar-refractivity contribution in [2.75, 3.05) is 25.0 Å². The molecule has 1 aliphatic rings. The third-order valence-electron chi connectivity index (χ3n) is 5.09. The molecule has 0 radical (unpaired) electrons. The van der Waals surface area contributed by atoms with Crippen molar-refractivity contribution in [2.24, 2.45) is 5.92 Å². The Hall–Kier alpha value is -2.87. The molecule has 2 aromatic heterocycles.